The molecule has 0 saturated carbocycles. The molecule has 1 N–H and O–H groups in total. The molecule has 102 valence electrons. The zero-order chi connectivity index (χ0) is 14.0. The van der Waals surface area contributed by atoms with Crippen molar-refractivity contribution in [2.75, 3.05) is 13.1 Å². The van der Waals surface area contributed by atoms with E-state index in [0.717, 1.165) is 10.7 Å². The Labute approximate surface area is 114 Å². The van der Waals surface area contributed by atoms with Gasteiger partial charge < -0.3 is 10.0 Å². The number of thiazole rings is 1. The van der Waals surface area contributed by atoms with Crippen molar-refractivity contribution in [3.05, 3.63) is 23.0 Å². The summed E-state index contributed by atoms with van der Waals surface area (Å²) < 4.78 is 1.86. The van der Waals surface area contributed by atoms with E-state index in [-0.39, 0.29) is 18.9 Å². The minimum atomic E-state index is -0.909. The summed E-state index contributed by atoms with van der Waals surface area (Å²) in [6.07, 6.45) is 1.65. The van der Waals surface area contributed by atoms with E-state index in [4.69, 9.17) is 5.11 Å². The second-order valence-electron chi connectivity index (χ2n) is 4.18. The molecular weight excluding hydrogens is 266 g/mol. The molecule has 0 aliphatic heterocycles. The predicted molar refractivity (Wildman–Crippen MR) is 71.6 cm³/mol. The topological polar surface area (TPSA) is 74.9 Å². The largest absolute Gasteiger partial charge is 0.481 e. The number of nitrogens with zero attached hydrogens (tertiary/aromatic N) is 3. The number of aliphatic carboxylic acids is 1. The van der Waals surface area contributed by atoms with Gasteiger partial charge in [0.2, 0.25) is 0 Å². The lowest BCUT2D eigenvalue weighted by atomic mass is 10.3. The van der Waals surface area contributed by atoms with E-state index >= 15 is 0 Å². The summed E-state index contributed by atoms with van der Waals surface area (Å²) in [5.74, 6) is -1.13. The number of rotatable bonds is 5. The molecule has 0 atom stereocenters. The van der Waals surface area contributed by atoms with Crippen LogP contribution in [0.1, 0.15) is 29.5 Å². The minimum Gasteiger partial charge on any atom is -0.481 e. The summed E-state index contributed by atoms with van der Waals surface area (Å²) >= 11 is 1.48. The normalized spacial score (nSPS) is 10.8. The zero-order valence-electron chi connectivity index (χ0n) is 10.8. The molecule has 0 aliphatic carbocycles. The highest BCUT2D eigenvalue weighted by Gasteiger charge is 2.19. The van der Waals surface area contributed by atoms with Gasteiger partial charge in [-0.25, -0.2) is 4.98 Å². The van der Waals surface area contributed by atoms with Gasteiger partial charge in [0.15, 0.2) is 4.96 Å². The molecule has 2 aromatic heterocycles. The van der Waals surface area contributed by atoms with Crippen molar-refractivity contribution >= 4 is 28.2 Å². The maximum Gasteiger partial charge on any atom is 0.305 e. The number of imidazole rings is 1. The quantitative estimate of drug-likeness (QED) is 0.904. The van der Waals surface area contributed by atoms with Gasteiger partial charge in [-0.05, 0) is 13.8 Å². The molecule has 0 spiro atoms. The van der Waals surface area contributed by atoms with Crippen LogP contribution in [0.5, 0.6) is 0 Å². The average Bonchev–Trinajstić information content (AvgIpc) is 2.92. The third-order valence-electron chi connectivity index (χ3n) is 2.87. The van der Waals surface area contributed by atoms with Gasteiger partial charge in [0.05, 0.1) is 6.42 Å². The molecule has 0 aromatic carbocycles. The van der Waals surface area contributed by atoms with Gasteiger partial charge in [-0.3, -0.25) is 14.0 Å². The molecule has 0 fully saturated rings. The van der Waals surface area contributed by atoms with Crippen LogP contribution >= 0.6 is 11.3 Å². The Morgan fingerprint density at radius 1 is 1.53 bits per heavy atom. The lowest BCUT2D eigenvalue weighted by Gasteiger charge is -2.18. The summed E-state index contributed by atoms with van der Waals surface area (Å²) in [7, 11) is 0. The molecule has 1 amide bonds. The molecule has 2 rings (SSSR count). The Bertz CT molecular complexity index is 617. The van der Waals surface area contributed by atoms with Crippen LogP contribution in [0, 0.1) is 6.92 Å². The van der Waals surface area contributed by atoms with Crippen LogP contribution in [0.4, 0.5) is 0 Å². The maximum absolute atomic E-state index is 12.2. The van der Waals surface area contributed by atoms with Gasteiger partial charge in [0.1, 0.15) is 5.69 Å². The first-order valence-electron chi connectivity index (χ1n) is 5.97. The SMILES string of the molecule is CCN(CCC(=O)O)C(=O)c1cn2c(C)csc2n1. The highest BCUT2D eigenvalue weighted by Crippen LogP contribution is 2.16. The Balaban J connectivity index is 2.18. The van der Waals surface area contributed by atoms with Gasteiger partial charge in [-0.2, -0.15) is 0 Å². The van der Waals surface area contributed by atoms with Crippen LogP contribution in [0.15, 0.2) is 11.6 Å². The Morgan fingerprint density at radius 3 is 2.84 bits per heavy atom. The van der Waals surface area contributed by atoms with Gasteiger partial charge in [0, 0.05) is 30.4 Å². The van der Waals surface area contributed by atoms with Gasteiger partial charge in [0.25, 0.3) is 5.91 Å². The Hall–Kier alpha value is -1.89. The first kappa shape index (κ1) is 13.5. The number of carboxylic acid groups (broad SMARTS) is 1. The van der Waals surface area contributed by atoms with E-state index in [9.17, 15) is 9.59 Å². The Kier molecular flexibility index (Phi) is 3.84. The van der Waals surface area contributed by atoms with E-state index in [2.05, 4.69) is 4.98 Å². The summed E-state index contributed by atoms with van der Waals surface area (Å²) in [6, 6.07) is 0. The van der Waals surface area contributed by atoms with E-state index in [1.165, 1.54) is 16.2 Å². The smallest absolute Gasteiger partial charge is 0.305 e. The number of aryl methyl sites for hydroxylation is 1. The molecule has 0 saturated heterocycles. The van der Waals surface area contributed by atoms with E-state index in [1.54, 1.807) is 6.20 Å². The van der Waals surface area contributed by atoms with Crippen LogP contribution in [0.3, 0.4) is 0 Å². The van der Waals surface area contributed by atoms with Gasteiger partial charge in [-0.1, -0.05) is 0 Å². The summed E-state index contributed by atoms with van der Waals surface area (Å²) in [6.45, 7) is 4.44. The van der Waals surface area contributed by atoms with Crippen molar-refractivity contribution in [2.24, 2.45) is 0 Å². The molecular formula is C12H15N3O3S. The standard InChI is InChI=1S/C12H15N3O3S/c1-3-14(5-4-10(16)17)11(18)9-6-15-8(2)7-19-12(15)13-9/h6-7H,3-5H2,1-2H3,(H,16,17). The third kappa shape index (κ3) is 2.76. The molecule has 2 aromatic rings. The number of amides is 1. The molecule has 0 aliphatic rings. The maximum atomic E-state index is 12.2. The number of hydrogen-bond acceptors (Lipinski definition) is 4. The van der Waals surface area contributed by atoms with Gasteiger partial charge in [-0.15, -0.1) is 11.3 Å². The number of fused-ring (bicyclic) bond motifs is 1. The number of carbonyl (C=O) groups excluding carboxylic acids is 1. The summed E-state index contributed by atoms with van der Waals surface area (Å²) in [5.41, 5.74) is 1.39. The number of carbonyl (C=O) groups is 2. The fourth-order valence-corrected chi connectivity index (χ4v) is 2.64. The van der Waals surface area contributed by atoms with E-state index in [0.29, 0.717) is 12.2 Å². The number of aromatic nitrogens is 2. The molecule has 6 nitrogen and oxygen atoms in total. The van der Waals surface area contributed by atoms with Crippen LogP contribution < -0.4 is 0 Å². The monoisotopic (exact) mass is 281 g/mol. The second kappa shape index (κ2) is 5.40. The minimum absolute atomic E-state index is 0.0547. The van der Waals surface area contributed by atoms with Crippen molar-refractivity contribution < 1.29 is 14.7 Å². The Morgan fingerprint density at radius 2 is 2.26 bits per heavy atom. The van der Waals surface area contributed by atoms with Crippen molar-refractivity contribution in [3.8, 4) is 0 Å². The molecule has 2 heterocycles. The summed E-state index contributed by atoms with van der Waals surface area (Å²) in [4.78, 5) is 29.3. The van der Waals surface area contributed by atoms with Crippen LogP contribution in [0.2, 0.25) is 0 Å². The van der Waals surface area contributed by atoms with Crippen LogP contribution in [-0.4, -0.2) is 44.4 Å². The van der Waals surface area contributed by atoms with Gasteiger partial charge >= 0.3 is 5.97 Å². The van der Waals surface area contributed by atoms with Crippen molar-refractivity contribution in [2.45, 2.75) is 20.3 Å². The third-order valence-corrected chi connectivity index (χ3v) is 3.83. The molecule has 0 unspecified atom stereocenters. The predicted octanol–water partition coefficient (Wildman–Crippen LogP) is 1.64. The van der Waals surface area contributed by atoms with E-state index < -0.39 is 5.97 Å². The van der Waals surface area contributed by atoms with E-state index in [1.807, 2.05) is 23.6 Å². The lowest BCUT2D eigenvalue weighted by Crippen LogP contribution is -2.33. The average molecular weight is 281 g/mol. The number of hydrogen-bond donors (Lipinski definition) is 1. The fraction of sp³-hybridized carbons (Fsp3) is 0.417. The zero-order valence-corrected chi connectivity index (χ0v) is 11.6. The molecule has 19 heavy (non-hydrogen) atoms. The highest BCUT2D eigenvalue weighted by atomic mass is 32.1. The lowest BCUT2D eigenvalue weighted by molar-refractivity contribution is -0.137. The first-order valence-corrected chi connectivity index (χ1v) is 6.85. The molecule has 0 bridgehead atoms. The number of carboxylic acids is 1. The summed E-state index contributed by atoms with van der Waals surface area (Å²) in [5, 5.41) is 10.6. The molecule has 0 radical (unpaired) electrons. The molecule has 7 heteroatoms. The fourth-order valence-electron chi connectivity index (χ4n) is 1.79. The van der Waals surface area contributed by atoms with Crippen molar-refractivity contribution in [1.29, 1.82) is 0 Å². The van der Waals surface area contributed by atoms with Crippen molar-refractivity contribution in [3.63, 3.8) is 0 Å². The van der Waals surface area contributed by atoms with Crippen LogP contribution in [-0.2, 0) is 4.79 Å². The van der Waals surface area contributed by atoms with Crippen LogP contribution in [0.25, 0.3) is 4.96 Å². The van der Waals surface area contributed by atoms with Crippen molar-refractivity contribution in [1.82, 2.24) is 14.3 Å². The first-order chi connectivity index (χ1) is 9.02. The second-order valence-corrected chi connectivity index (χ2v) is 5.02. The highest BCUT2D eigenvalue weighted by molar-refractivity contribution is 7.15.